The highest BCUT2D eigenvalue weighted by Gasteiger charge is 2.24. The van der Waals surface area contributed by atoms with E-state index >= 15 is 0 Å². The van der Waals surface area contributed by atoms with Crippen LogP contribution in [-0.4, -0.2) is 35.8 Å². The van der Waals surface area contributed by atoms with Crippen molar-refractivity contribution in [1.82, 2.24) is 10.2 Å². The third-order valence-corrected chi connectivity index (χ3v) is 4.41. The third-order valence-electron chi connectivity index (χ3n) is 4.41. The van der Waals surface area contributed by atoms with E-state index in [1.54, 1.807) is 0 Å². The Balaban J connectivity index is 1.69. The highest BCUT2D eigenvalue weighted by atomic mass is 16.2. The first kappa shape index (κ1) is 16.2. The molecule has 3 rings (SSSR count). The van der Waals surface area contributed by atoms with Crippen LogP contribution in [0.4, 0.5) is 0 Å². The molecule has 2 aromatic carbocycles. The molecule has 2 amide bonds. The summed E-state index contributed by atoms with van der Waals surface area (Å²) in [6.45, 7) is 2.89. The van der Waals surface area contributed by atoms with Crippen LogP contribution in [0.3, 0.4) is 0 Å². The van der Waals surface area contributed by atoms with E-state index in [2.05, 4.69) is 5.32 Å². The van der Waals surface area contributed by atoms with Crippen LogP contribution in [0.15, 0.2) is 54.6 Å². The van der Waals surface area contributed by atoms with Crippen LogP contribution in [-0.2, 0) is 4.79 Å². The number of hydrogen-bond donors (Lipinski definition) is 1. The average Bonchev–Trinajstić information content (AvgIpc) is 2.62. The summed E-state index contributed by atoms with van der Waals surface area (Å²) < 4.78 is 0. The first-order valence-corrected chi connectivity index (χ1v) is 8.35. The highest BCUT2D eigenvalue weighted by molar-refractivity contribution is 5.95. The van der Waals surface area contributed by atoms with Gasteiger partial charge < -0.3 is 10.2 Å². The van der Waals surface area contributed by atoms with Gasteiger partial charge in [0.15, 0.2) is 0 Å². The van der Waals surface area contributed by atoms with Crippen molar-refractivity contribution in [3.63, 3.8) is 0 Å². The zero-order valence-electron chi connectivity index (χ0n) is 13.9. The SMILES string of the molecule is CC(=O)NC1CCN(C(=O)c2cccc(-c3ccccc3)c2)CC1. The Morgan fingerprint density at radius 3 is 2.29 bits per heavy atom. The van der Waals surface area contributed by atoms with Crippen molar-refractivity contribution in [2.45, 2.75) is 25.8 Å². The maximum Gasteiger partial charge on any atom is 0.253 e. The number of rotatable bonds is 3. The molecule has 1 fully saturated rings. The number of carbonyl (C=O) groups is 2. The lowest BCUT2D eigenvalue weighted by molar-refractivity contribution is -0.119. The Morgan fingerprint density at radius 2 is 1.62 bits per heavy atom. The van der Waals surface area contributed by atoms with E-state index in [4.69, 9.17) is 0 Å². The van der Waals surface area contributed by atoms with Crippen molar-refractivity contribution >= 4 is 11.8 Å². The molecule has 0 saturated carbocycles. The predicted molar refractivity (Wildman–Crippen MR) is 94.6 cm³/mol. The van der Waals surface area contributed by atoms with E-state index in [1.807, 2.05) is 59.5 Å². The van der Waals surface area contributed by atoms with E-state index in [9.17, 15) is 9.59 Å². The molecule has 1 aliphatic heterocycles. The van der Waals surface area contributed by atoms with Gasteiger partial charge in [0.2, 0.25) is 5.91 Å². The maximum atomic E-state index is 12.8. The topological polar surface area (TPSA) is 49.4 Å². The van der Waals surface area contributed by atoms with Gasteiger partial charge in [-0.2, -0.15) is 0 Å². The second-order valence-corrected chi connectivity index (χ2v) is 6.21. The van der Waals surface area contributed by atoms with Crippen LogP contribution < -0.4 is 5.32 Å². The summed E-state index contributed by atoms with van der Waals surface area (Å²) in [7, 11) is 0. The van der Waals surface area contributed by atoms with Gasteiger partial charge >= 0.3 is 0 Å². The smallest absolute Gasteiger partial charge is 0.253 e. The van der Waals surface area contributed by atoms with E-state index in [0.717, 1.165) is 24.0 Å². The molecule has 1 N–H and O–H groups in total. The van der Waals surface area contributed by atoms with Gasteiger partial charge in [-0.3, -0.25) is 9.59 Å². The van der Waals surface area contributed by atoms with Crippen molar-refractivity contribution in [2.75, 3.05) is 13.1 Å². The van der Waals surface area contributed by atoms with E-state index in [0.29, 0.717) is 18.7 Å². The second-order valence-electron chi connectivity index (χ2n) is 6.21. The minimum atomic E-state index is -0.00432. The van der Waals surface area contributed by atoms with E-state index in [1.165, 1.54) is 6.92 Å². The molecule has 2 aromatic rings. The highest BCUT2D eigenvalue weighted by Crippen LogP contribution is 2.21. The van der Waals surface area contributed by atoms with Gasteiger partial charge in [0.1, 0.15) is 0 Å². The molecular formula is C20H22N2O2. The zero-order valence-corrected chi connectivity index (χ0v) is 13.9. The summed E-state index contributed by atoms with van der Waals surface area (Å²) in [4.78, 5) is 25.8. The van der Waals surface area contributed by atoms with Crippen molar-refractivity contribution in [3.8, 4) is 11.1 Å². The second kappa shape index (κ2) is 7.30. The number of benzene rings is 2. The summed E-state index contributed by atoms with van der Waals surface area (Å²) in [5, 5.41) is 2.93. The van der Waals surface area contributed by atoms with Crippen LogP contribution in [0.2, 0.25) is 0 Å². The lowest BCUT2D eigenvalue weighted by Gasteiger charge is -2.32. The maximum absolute atomic E-state index is 12.8. The van der Waals surface area contributed by atoms with Crippen molar-refractivity contribution < 1.29 is 9.59 Å². The molecule has 0 atom stereocenters. The van der Waals surface area contributed by atoms with Crippen LogP contribution in [0.5, 0.6) is 0 Å². The molecule has 1 heterocycles. The number of piperidine rings is 1. The van der Waals surface area contributed by atoms with Gasteiger partial charge in [0.25, 0.3) is 5.91 Å². The number of nitrogens with one attached hydrogen (secondary N) is 1. The Morgan fingerprint density at radius 1 is 0.958 bits per heavy atom. The quantitative estimate of drug-likeness (QED) is 0.944. The summed E-state index contributed by atoms with van der Waals surface area (Å²) >= 11 is 0. The number of hydrogen-bond acceptors (Lipinski definition) is 2. The zero-order chi connectivity index (χ0) is 16.9. The molecule has 24 heavy (non-hydrogen) atoms. The predicted octanol–water partition coefficient (Wildman–Crippen LogP) is 3.09. The van der Waals surface area contributed by atoms with Crippen molar-refractivity contribution in [2.24, 2.45) is 0 Å². The normalized spacial score (nSPS) is 15.1. The third kappa shape index (κ3) is 3.82. The standard InChI is InChI=1S/C20H22N2O2/c1-15(23)21-19-10-12-22(13-11-19)20(24)18-9-5-8-17(14-18)16-6-3-2-4-7-16/h2-9,14,19H,10-13H2,1H3,(H,21,23). The van der Waals surface area contributed by atoms with Gasteiger partial charge in [-0.1, -0.05) is 42.5 Å². The molecule has 4 heteroatoms. The van der Waals surface area contributed by atoms with Gasteiger partial charge in [-0.05, 0) is 36.1 Å². The monoisotopic (exact) mass is 322 g/mol. The Labute approximate surface area is 142 Å². The molecule has 0 spiro atoms. The minimum absolute atomic E-state index is 0.00432. The fourth-order valence-corrected chi connectivity index (χ4v) is 3.16. The molecule has 0 bridgehead atoms. The van der Waals surface area contributed by atoms with Gasteiger partial charge in [0, 0.05) is 31.6 Å². The number of amides is 2. The molecule has 4 nitrogen and oxygen atoms in total. The molecule has 0 aromatic heterocycles. The lowest BCUT2D eigenvalue weighted by atomic mass is 10.0. The molecule has 124 valence electrons. The van der Waals surface area contributed by atoms with E-state index in [-0.39, 0.29) is 17.9 Å². The van der Waals surface area contributed by atoms with Crippen LogP contribution in [0.25, 0.3) is 11.1 Å². The molecule has 1 saturated heterocycles. The average molecular weight is 322 g/mol. The van der Waals surface area contributed by atoms with E-state index < -0.39 is 0 Å². The van der Waals surface area contributed by atoms with Crippen LogP contribution >= 0.6 is 0 Å². The first-order valence-electron chi connectivity index (χ1n) is 8.35. The van der Waals surface area contributed by atoms with Crippen LogP contribution in [0, 0.1) is 0 Å². The van der Waals surface area contributed by atoms with Gasteiger partial charge in [0.05, 0.1) is 0 Å². The Hall–Kier alpha value is -2.62. The molecule has 0 unspecified atom stereocenters. The molecule has 0 aliphatic carbocycles. The Kier molecular flexibility index (Phi) is 4.94. The molecule has 1 aliphatic rings. The van der Waals surface area contributed by atoms with Gasteiger partial charge in [-0.25, -0.2) is 0 Å². The van der Waals surface area contributed by atoms with Crippen molar-refractivity contribution in [1.29, 1.82) is 0 Å². The van der Waals surface area contributed by atoms with Crippen molar-refractivity contribution in [3.05, 3.63) is 60.2 Å². The Bertz CT molecular complexity index is 719. The lowest BCUT2D eigenvalue weighted by Crippen LogP contribution is -2.46. The number of likely N-dealkylation sites (tertiary alicyclic amines) is 1. The minimum Gasteiger partial charge on any atom is -0.353 e. The van der Waals surface area contributed by atoms with Gasteiger partial charge in [-0.15, -0.1) is 0 Å². The molecular weight excluding hydrogens is 300 g/mol. The van der Waals surface area contributed by atoms with Crippen LogP contribution in [0.1, 0.15) is 30.1 Å². The number of carbonyl (C=O) groups excluding carboxylic acids is 2. The first-order chi connectivity index (χ1) is 11.6. The largest absolute Gasteiger partial charge is 0.353 e. The summed E-state index contributed by atoms with van der Waals surface area (Å²) in [6, 6.07) is 18.0. The fourth-order valence-electron chi connectivity index (χ4n) is 3.16. The fraction of sp³-hybridized carbons (Fsp3) is 0.300. The summed E-state index contributed by atoms with van der Waals surface area (Å²) in [5.74, 6) is 0.0596. The number of nitrogens with zero attached hydrogens (tertiary/aromatic N) is 1. The summed E-state index contributed by atoms with van der Waals surface area (Å²) in [5.41, 5.74) is 2.88. The summed E-state index contributed by atoms with van der Waals surface area (Å²) in [6.07, 6.45) is 1.62. The molecule has 0 radical (unpaired) electrons.